The Kier molecular flexibility index (Phi) is 3.85. The smallest absolute Gasteiger partial charge is 0.272 e. The number of hydrogen-bond acceptors (Lipinski definition) is 3. The van der Waals surface area contributed by atoms with Gasteiger partial charge in [0, 0.05) is 11.4 Å². The van der Waals surface area contributed by atoms with Gasteiger partial charge in [-0.25, -0.2) is 0 Å². The van der Waals surface area contributed by atoms with E-state index in [0.717, 1.165) is 36.6 Å². The molecule has 2 aromatic rings. The molecule has 1 aromatic heterocycles. The topological polar surface area (TPSA) is 86.9 Å². The number of carbonyl (C=O) groups is 2. The highest BCUT2D eigenvalue weighted by molar-refractivity contribution is 6.05. The average molecular weight is 286 g/mol. The second-order valence-electron chi connectivity index (χ2n) is 5.35. The molecular formula is C15H18N4O2. The third-order valence-electron chi connectivity index (χ3n) is 3.82. The molecule has 0 bridgehead atoms. The minimum Gasteiger partial charge on any atom is -0.352 e. The van der Waals surface area contributed by atoms with Crippen LogP contribution in [0.5, 0.6) is 0 Å². The molecule has 0 aliphatic heterocycles. The summed E-state index contributed by atoms with van der Waals surface area (Å²) in [5.41, 5.74) is 1.12. The number of nitrogens with zero attached hydrogens (tertiary/aromatic N) is 1. The number of aromatic nitrogens is 2. The zero-order valence-electron chi connectivity index (χ0n) is 11.7. The molecule has 1 saturated carbocycles. The van der Waals surface area contributed by atoms with Crippen LogP contribution in [0.15, 0.2) is 24.3 Å². The summed E-state index contributed by atoms with van der Waals surface area (Å²) < 4.78 is 0. The first-order valence-electron chi connectivity index (χ1n) is 7.25. The number of para-hydroxylation sites is 1. The fourth-order valence-electron chi connectivity index (χ4n) is 2.73. The van der Waals surface area contributed by atoms with Crippen LogP contribution < -0.4 is 10.6 Å². The van der Waals surface area contributed by atoms with Gasteiger partial charge in [0.1, 0.15) is 0 Å². The van der Waals surface area contributed by atoms with Crippen LogP contribution in [-0.4, -0.2) is 34.6 Å². The quantitative estimate of drug-likeness (QED) is 0.793. The molecule has 0 saturated heterocycles. The maximum absolute atomic E-state index is 12.1. The highest BCUT2D eigenvalue weighted by Gasteiger charge is 2.18. The molecule has 3 rings (SSSR count). The van der Waals surface area contributed by atoms with Crippen molar-refractivity contribution in [2.45, 2.75) is 31.7 Å². The summed E-state index contributed by atoms with van der Waals surface area (Å²) in [6.07, 6.45) is 4.39. The van der Waals surface area contributed by atoms with Crippen LogP contribution in [0, 0.1) is 0 Å². The summed E-state index contributed by atoms with van der Waals surface area (Å²) in [4.78, 5) is 23.9. The number of fused-ring (bicyclic) bond motifs is 1. The Morgan fingerprint density at radius 2 is 2.00 bits per heavy atom. The number of rotatable bonds is 4. The van der Waals surface area contributed by atoms with Crippen molar-refractivity contribution < 1.29 is 9.59 Å². The van der Waals surface area contributed by atoms with E-state index in [1.807, 2.05) is 24.3 Å². The fourth-order valence-corrected chi connectivity index (χ4v) is 2.73. The van der Waals surface area contributed by atoms with Crippen LogP contribution in [0.1, 0.15) is 36.2 Å². The predicted molar refractivity (Wildman–Crippen MR) is 78.8 cm³/mol. The lowest BCUT2D eigenvalue weighted by Gasteiger charge is -2.11. The van der Waals surface area contributed by atoms with Crippen molar-refractivity contribution in [3.05, 3.63) is 30.0 Å². The Morgan fingerprint density at radius 1 is 1.24 bits per heavy atom. The molecule has 0 radical (unpaired) electrons. The van der Waals surface area contributed by atoms with E-state index in [9.17, 15) is 9.59 Å². The number of aromatic amines is 1. The van der Waals surface area contributed by atoms with Crippen LogP contribution in [0.4, 0.5) is 0 Å². The van der Waals surface area contributed by atoms with E-state index in [4.69, 9.17) is 0 Å². The van der Waals surface area contributed by atoms with E-state index in [0.29, 0.717) is 5.69 Å². The summed E-state index contributed by atoms with van der Waals surface area (Å²) in [6, 6.07) is 7.66. The molecule has 0 spiro atoms. The Morgan fingerprint density at radius 3 is 2.81 bits per heavy atom. The molecule has 6 nitrogen and oxygen atoms in total. The number of benzene rings is 1. The number of hydrogen-bond donors (Lipinski definition) is 3. The molecule has 1 aromatic carbocycles. The van der Waals surface area contributed by atoms with Crippen LogP contribution in [0.25, 0.3) is 10.9 Å². The van der Waals surface area contributed by atoms with Crippen LogP contribution in [0.2, 0.25) is 0 Å². The molecule has 1 aliphatic rings. The van der Waals surface area contributed by atoms with Crippen LogP contribution >= 0.6 is 0 Å². The Hall–Kier alpha value is -2.37. The average Bonchev–Trinajstić information content (AvgIpc) is 3.13. The highest BCUT2D eigenvalue weighted by Crippen LogP contribution is 2.17. The van der Waals surface area contributed by atoms with E-state index in [1.165, 1.54) is 0 Å². The zero-order valence-corrected chi connectivity index (χ0v) is 11.7. The summed E-state index contributed by atoms with van der Waals surface area (Å²) >= 11 is 0. The number of amides is 2. The third-order valence-corrected chi connectivity index (χ3v) is 3.82. The van der Waals surface area contributed by atoms with E-state index in [1.54, 1.807) is 0 Å². The van der Waals surface area contributed by atoms with Gasteiger partial charge < -0.3 is 10.6 Å². The van der Waals surface area contributed by atoms with E-state index >= 15 is 0 Å². The Balaban J connectivity index is 1.57. The second kappa shape index (κ2) is 5.95. The predicted octanol–water partition coefficient (Wildman–Crippen LogP) is 1.35. The van der Waals surface area contributed by atoms with E-state index in [2.05, 4.69) is 20.8 Å². The second-order valence-corrected chi connectivity index (χ2v) is 5.35. The van der Waals surface area contributed by atoms with Gasteiger partial charge in [-0.2, -0.15) is 5.10 Å². The lowest BCUT2D eigenvalue weighted by atomic mass is 10.2. The molecule has 1 heterocycles. The van der Waals surface area contributed by atoms with Crippen molar-refractivity contribution in [1.29, 1.82) is 0 Å². The van der Waals surface area contributed by atoms with Gasteiger partial charge in [-0.1, -0.05) is 31.0 Å². The first-order chi connectivity index (χ1) is 10.2. The lowest BCUT2D eigenvalue weighted by molar-refractivity contribution is -0.120. The molecule has 0 unspecified atom stereocenters. The summed E-state index contributed by atoms with van der Waals surface area (Å²) in [5.74, 6) is -0.482. The van der Waals surface area contributed by atoms with E-state index in [-0.39, 0.29) is 24.4 Å². The van der Waals surface area contributed by atoms with Crippen molar-refractivity contribution in [3.8, 4) is 0 Å². The van der Waals surface area contributed by atoms with Gasteiger partial charge in [0.25, 0.3) is 5.91 Å². The van der Waals surface area contributed by atoms with Gasteiger partial charge in [-0.05, 0) is 18.9 Å². The molecule has 3 N–H and O–H groups in total. The summed E-state index contributed by atoms with van der Waals surface area (Å²) in [5, 5.41) is 13.1. The van der Waals surface area contributed by atoms with Gasteiger partial charge >= 0.3 is 0 Å². The maximum Gasteiger partial charge on any atom is 0.272 e. The van der Waals surface area contributed by atoms with Crippen molar-refractivity contribution >= 4 is 22.7 Å². The Bertz CT molecular complexity index is 658. The molecule has 2 amide bonds. The lowest BCUT2D eigenvalue weighted by Crippen LogP contribution is -2.41. The van der Waals surface area contributed by atoms with Gasteiger partial charge in [-0.15, -0.1) is 0 Å². The number of carbonyl (C=O) groups excluding carboxylic acids is 2. The van der Waals surface area contributed by atoms with Crippen molar-refractivity contribution in [1.82, 2.24) is 20.8 Å². The highest BCUT2D eigenvalue weighted by atomic mass is 16.2. The first kappa shape index (κ1) is 13.6. The largest absolute Gasteiger partial charge is 0.352 e. The fraction of sp³-hybridized carbons (Fsp3) is 0.400. The van der Waals surface area contributed by atoms with Gasteiger partial charge in [-0.3, -0.25) is 14.7 Å². The van der Waals surface area contributed by atoms with E-state index < -0.39 is 0 Å². The summed E-state index contributed by atoms with van der Waals surface area (Å²) in [6.45, 7) is -0.0173. The molecule has 21 heavy (non-hydrogen) atoms. The maximum atomic E-state index is 12.1. The molecule has 0 atom stereocenters. The standard InChI is InChI=1S/C15H18N4O2/c20-13(17-10-5-1-2-6-10)9-16-15(21)14-11-7-3-4-8-12(11)18-19-14/h3-4,7-8,10H,1-2,5-6,9H2,(H,16,21)(H,17,20)(H,18,19). The van der Waals surface area contributed by atoms with Gasteiger partial charge in [0.15, 0.2) is 5.69 Å². The SMILES string of the molecule is O=C(CNC(=O)c1n[nH]c2ccccc12)NC1CCCC1. The normalized spacial score (nSPS) is 15.2. The minimum atomic E-state index is -0.339. The van der Waals surface area contributed by atoms with Crippen LogP contribution in [-0.2, 0) is 4.79 Å². The number of nitrogens with one attached hydrogen (secondary N) is 3. The van der Waals surface area contributed by atoms with Gasteiger partial charge in [0.05, 0.1) is 12.1 Å². The minimum absolute atomic E-state index is 0.0173. The first-order valence-corrected chi connectivity index (χ1v) is 7.25. The number of H-pyrrole nitrogens is 1. The van der Waals surface area contributed by atoms with Crippen molar-refractivity contribution in [2.24, 2.45) is 0 Å². The van der Waals surface area contributed by atoms with Crippen LogP contribution in [0.3, 0.4) is 0 Å². The zero-order chi connectivity index (χ0) is 14.7. The molecule has 1 fully saturated rings. The third kappa shape index (κ3) is 3.04. The molecular weight excluding hydrogens is 268 g/mol. The molecule has 110 valence electrons. The van der Waals surface area contributed by atoms with Crippen molar-refractivity contribution in [2.75, 3.05) is 6.54 Å². The monoisotopic (exact) mass is 286 g/mol. The van der Waals surface area contributed by atoms with Crippen molar-refractivity contribution in [3.63, 3.8) is 0 Å². The Labute approximate surface area is 122 Å². The molecule has 6 heteroatoms. The molecule has 1 aliphatic carbocycles. The van der Waals surface area contributed by atoms with Gasteiger partial charge in [0.2, 0.25) is 5.91 Å². The summed E-state index contributed by atoms with van der Waals surface area (Å²) in [7, 11) is 0.